The molecular formula is C48H30N4. The average molecular weight is 663 g/mol. The molecule has 0 spiro atoms. The van der Waals surface area contributed by atoms with Crippen molar-refractivity contribution < 1.29 is 0 Å². The van der Waals surface area contributed by atoms with Crippen molar-refractivity contribution in [2.75, 3.05) is 0 Å². The van der Waals surface area contributed by atoms with Gasteiger partial charge in [0.15, 0.2) is 0 Å². The van der Waals surface area contributed by atoms with Crippen molar-refractivity contribution in [1.29, 1.82) is 0 Å². The highest BCUT2D eigenvalue weighted by molar-refractivity contribution is 6.22. The topological polar surface area (TPSA) is 35.6 Å². The maximum absolute atomic E-state index is 4.92. The monoisotopic (exact) mass is 662 g/mol. The zero-order valence-corrected chi connectivity index (χ0v) is 28.1. The standard InChI is InChI=1S/C48H30N4/c1-3-11-31(12-4-1)32-19-23-36(24-20-32)52-44-26-22-34(28-40(44)48-38-16-8-10-18-42(38)50-30-46(48)52)33-21-25-43-39(27-33)47-37-15-7-9-17-41(37)49-29-45(47)51(43)35-13-5-2-6-14-35/h1-30H. The second-order valence-corrected chi connectivity index (χ2v) is 13.5. The van der Waals surface area contributed by atoms with Crippen molar-refractivity contribution >= 4 is 65.4 Å². The fourth-order valence-corrected chi connectivity index (χ4v) is 8.22. The van der Waals surface area contributed by atoms with E-state index in [1.807, 2.05) is 12.4 Å². The largest absolute Gasteiger partial charge is 0.308 e. The quantitative estimate of drug-likeness (QED) is 0.188. The molecule has 52 heavy (non-hydrogen) atoms. The molecule has 4 aromatic heterocycles. The van der Waals surface area contributed by atoms with Gasteiger partial charge in [0, 0.05) is 43.7 Å². The zero-order valence-electron chi connectivity index (χ0n) is 28.1. The Labute approximate surface area is 299 Å². The number of benzene rings is 7. The van der Waals surface area contributed by atoms with E-state index in [1.165, 1.54) is 43.8 Å². The van der Waals surface area contributed by atoms with Crippen LogP contribution in [0.1, 0.15) is 0 Å². The third-order valence-electron chi connectivity index (χ3n) is 10.6. The highest BCUT2D eigenvalue weighted by Gasteiger charge is 2.19. The molecule has 0 unspecified atom stereocenters. The van der Waals surface area contributed by atoms with E-state index in [9.17, 15) is 0 Å². The molecule has 0 aliphatic rings. The molecule has 0 bridgehead atoms. The van der Waals surface area contributed by atoms with Crippen molar-refractivity contribution in [3.63, 3.8) is 0 Å². The first-order chi connectivity index (χ1) is 25.8. The fraction of sp³-hybridized carbons (Fsp3) is 0. The summed E-state index contributed by atoms with van der Waals surface area (Å²) in [4.78, 5) is 9.80. The Bertz CT molecular complexity index is 3160. The van der Waals surface area contributed by atoms with Crippen molar-refractivity contribution in [3.8, 4) is 33.6 Å². The summed E-state index contributed by atoms with van der Waals surface area (Å²) >= 11 is 0. The van der Waals surface area contributed by atoms with Crippen LogP contribution >= 0.6 is 0 Å². The number of pyridine rings is 2. The number of aromatic nitrogens is 4. The number of rotatable bonds is 4. The van der Waals surface area contributed by atoms with E-state index in [4.69, 9.17) is 9.97 Å². The van der Waals surface area contributed by atoms with Gasteiger partial charge in [-0.25, -0.2) is 0 Å². The average Bonchev–Trinajstić information content (AvgIpc) is 3.74. The molecule has 0 fully saturated rings. The van der Waals surface area contributed by atoms with E-state index in [0.717, 1.165) is 55.2 Å². The van der Waals surface area contributed by atoms with E-state index in [0.29, 0.717) is 0 Å². The van der Waals surface area contributed by atoms with Crippen LogP contribution in [0.3, 0.4) is 0 Å². The number of nitrogens with zero attached hydrogens (tertiary/aromatic N) is 4. The van der Waals surface area contributed by atoms with E-state index in [-0.39, 0.29) is 0 Å². The molecule has 7 aromatic carbocycles. The SMILES string of the molecule is c1ccc(-c2ccc(-n3c4ccc(-c5ccc6c(c5)c5c7ccccc7ncc5n6-c5ccccc5)cc4c4c5ccccc5ncc43)cc2)cc1. The summed E-state index contributed by atoms with van der Waals surface area (Å²) in [5.41, 5.74) is 13.5. The second-order valence-electron chi connectivity index (χ2n) is 13.5. The van der Waals surface area contributed by atoms with Crippen LogP contribution < -0.4 is 0 Å². The van der Waals surface area contributed by atoms with Gasteiger partial charge in [0.05, 0.1) is 45.5 Å². The third kappa shape index (κ3) is 4.28. The van der Waals surface area contributed by atoms with Crippen LogP contribution in [-0.4, -0.2) is 19.1 Å². The molecule has 0 N–H and O–H groups in total. The van der Waals surface area contributed by atoms with Gasteiger partial charge in [0.2, 0.25) is 0 Å². The van der Waals surface area contributed by atoms with Crippen molar-refractivity contribution in [3.05, 3.63) is 182 Å². The van der Waals surface area contributed by atoms with Gasteiger partial charge in [-0.15, -0.1) is 0 Å². The Morgan fingerprint density at radius 1 is 0.308 bits per heavy atom. The van der Waals surface area contributed by atoms with Crippen LogP contribution in [0.25, 0.3) is 99.0 Å². The molecule has 0 aliphatic heterocycles. The predicted octanol–water partition coefficient (Wildman–Crippen LogP) is 12.3. The Balaban J connectivity index is 1.15. The summed E-state index contributed by atoms with van der Waals surface area (Å²) in [7, 11) is 0. The summed E-state index contributed by atoms with van der Waals surface area (Å²) in [5, 5.41) is 7.17. The number of hydrogen-bond acceptors (Lipinski definition) is 2. The van der Waals surface area contributed by atoms with E-state index >= 15 is 0 Å². The minimum Gasteiger partial charge on any atom is -0.308 e. The summed E-state index contributed by atoms with van der Waals surface area (Å²) in [6.07, 6.45) is 4.06. The lowest BCUT2D eigenvalue weighted by Crippen LogP contribution is -1.94. The minimum absolute atomic E-state index is 0.995. The molecular weight excluding hydrogens is 633 g/mol. The van der Waals surface area contributed by atoms with Gasteiger partial charge in [-0.2, -0.15) is 0 Å². The van der Waals surface area contributed by atoms with Crippen LogP contribution in [0.2, 0.25) is 0 Å². The van der Waals surface area contributed by atoms with Crippen molar-refractivity contribution in [1.82, 2.24) is 19.1 Å². The maximum Gasteiger partial charge on any atom is 0.0730 e. The van der Waals surface area contributed by atoms with E-state index < -0.39 is 0 Å². The van der Waals surface area contributed by atoms with Crippen LogP contribution in [0.15, 0.2) is 182 Å². The molecule has 4 heterocycles. The highest BCUT2D eigenvalue weighted by Crippen LogP contribution is 2.41. The Hall–Kier alpha value is -7.04. The van der Waals surface area contributed by atoms with Gasteiger partial charge in [0.25, 0.3) is 0 Å². The van der Waals surface area contributed by atoms with Gasteiger partial charge < -0.3 is 9.13 Å². The number of hydrogen-bond donors (Lipinski definition) is 0. The molecule has 0 saturated heterocycles. The first kappa shape index (κ1) is 28.8. The first-order valence-electron chi connectivity index (χ1n) is 17.7. The Morgan fingerprint density at radius 2 is 0.731 bits per heavy atom. The van der Waals surface area contributed by atoms with Crippen LogP contribution in [0.5, 0.6) is 0 Å². The lowest BCUT2D eigenvalue weighted by atomic mass is 9.99. The van der Waals surface area contributed by atoms with Gasteiger partial charge in [0.1, 0.15) is 0 Å². The van der Waals surface area contributed by atoms with Gasteiger partial charge in [-0.3, -0.25) is 9.97 Å². The normalized spacial score (nSPS) is 11.8. The molecule has 0 atom stereocenters. The molecule has 0 amide bonds. The number of para-hydroxylation sites is 3. The highest BCUT2D eigenvalue weighted by atomic mass is 15.0. The van der Waals surface area contributed by atoms with Crippen LogP contribution in [0, 0.1) is 0 Å². The molecule has 11 rings (SSSR count). The molecule has 4 nitrogen and oxygen atoms in total. The molecule has 0 radical (unpaired) electrons. The fourth-order valence-electron chi connectivity index (χ4n) is 8.22. The van der Waals surface area contributed by atoms with Crippen molar-refractivity contribution in [2.45, 2.75) is 0 Å². The molecule has 4 heteroatoms. The predicted molar refractivity (Wildman–Crippen MR) is 217 cm³/mol. The number of fused-ring (bicyclic) bond motifs is 10. The van der Waals surface area contributed by atoms with Crippen molar-refractivity contribution in [2.24, 2.45) is 0 Å². The minimum atomic E-state index is 0.995. The molecule has 242 valence electrons. The van der Waals surface area contributed by atoms with Crippen LogP contribution in [-0.2, 0) is 0 Å². The summed E-state index contributed by atoms with van der Waals surface area (Å²) in [6, 6.07) is 60.8. The molecule has 0 aliphatic carbocycles. The zero-order chi connectivity index (χ0) is 34.2. The smallest absolute Gasteiger partial charge is 0.0730 e. The second kappa shape index (κ2) is 11.2. The first-order valence-corrected chi connectivity index (χ1v) is 17.7. The summed E-state index contributed by atoms with van der Waals surface area (Å²) in [5.74, 6) is 0. The Morgan fingerprint density at radius 3 is 1.27 bits per heavy atom. The lowest BCUT2D eigenvalue weighted by molar-refractivity contribution is 1.17. The molecule has 11 aromatic rings. The van der Waals surface area contributed by atoms with Crippen LogP contribution in [0.4, 0.5) is 0 Å². The maximum atomic E-state index is 4.92. The molecule has 0 saturated carbocycles. The lowest BCUT2D eigenvalue weighted by Gasteiger charge is -2.10. The summed E-state index contributed by atoms with van der Waals surface area (Å²) in [6.45, 7) is 0. The Kier molecular flexibility index (Phi) is 6.22. The van der Waals surface area contributed by atoms with Gasteiger partial charge in [-0.05, 0) is 82.9 Å². The summed E-state index contributed by atoms with van der Waals surface area (Å²) < 4.78 is 4.70. The third-order valence-corrected chi connectivity index (χ3v) is 10.6. The van der Waals surface area contributed by atoms with Gasteiger partial charge in [-0.1, -0.05) is 109 Å². The van der Waals surface area contributed by atoms with E-state index in [2.05, 4.69) is 179 Å². The van der Waals surface area contributed by atoms with Gasteiger partial charge >= 0.3 is 0 Å². The van der Waals surface area contributed by atoms with E-state index in [1.54, 1.807) is 0 Å².